The van der Waals surface area contributed by atoms with E-state index in [2.05, 4.69) is 16.0 Å². The molecule has 0 spiro atoms. The predicted octanol–water partition coefficient (Wildman–Crippen LogP) is 3.81. The van der Waals surface area contributed by atoms with E-state index in [1.807, 2.05) is 0 Å². The van der Waals surface area contributed by atoms with E-state index < -0.39 is 15.9 Å². The molecule has 0 heterocycles. The molecule has 0 radical (unpaired) electrons. The zero-order valence-electron chi connectivity index (χ0n) is 14.0. The standard InChI is InChI=1S/C17H16Cl3N3O3S/c1-26-13-8-2-10(3-9-13)14(25)22-15(17(18,19)20)23-16(27)21-11-4-6-12(24)7-5-11/h2-9,15,24H,1H3,(H,22,25)(H2,21,23,27)/t15-/m0/s1. The zero-order chi connectivity index (χ0) is 20.0. The summed E-state index contributed by atoms with van der Waals surface area (Å²) in [4.78, 5) is 12.4. The van der Waals surface area contributed by atoms with Gasteiger partial charge < -0.3 is 25.8 Å². The molecular weight excluding hydrogens is 433 g/mol. The summed E-state index contributed by atoms with van der Waals surface area (Å²) in [5, 5.41) is 17.6. The van der Waals surface area contributed by atoms with Gasteiger partial charge in [-0.3, -0.25) is 4.79 Å². The number of nitrogens with one attached hydrogen (secondary N) is 3. The molecule has 2 rings (SSSR count). The highest BCUT2D eigenvalue weighted by Gasteiger charge is 2.34. The van der Waals surface area contributed by atoms with Crippen molar-refractivity contribution in [3.8, 4) is 11.5 Å². The van der Waals surface area contributed by atoms with E-state index in [9.17, 15) is 9.90 Å². The van der Waals surface area contributed by atoms with Gasteiger partial charge in [0.15, 0.2) is 5.11 Å². The third kappa shape index (κ3) is 6.62. The van der Waals surface area contributed by atoms with Crippen LogP contribution in [0.15, 0.2) is 48.5 Å². The van der Waals surface area contributed by atoms with Crippen molar-refractivity contribution in [2.24, 2.45) is 0 Å². The third-order valence-electron chi connectivity index (χ3n) is 3.36. The Morgan fingerprint density at radius 2 is 1.67 bits per heavy atom. The van der Waals surface area contributed by atoms with Gasteiger partial charge in [0.2, 0.25) is 3.79 Å². The first-order valence-electron chi connectivity index (χ1n) is 7.57. The molecule has 0 bridgehead atoms. The predicted molar refractivity (Wildman–Crippen MR) is 112 cm³/mol. The maximum atomic E-state index is 12.4. The fourth-order valence-corrected chi connectivity index (χ4v) is 2.56. The van der Waals surface area contributed by atoms with Crippen LogP contribution in [0.4, 0.5) is 5.69 Å². The molecule has 0 fully saturated rings. The number of alkyl halides is 3. The minimum atomic E-state index is -1.87. The maximum absolute atomic E-state index is 12.4. The number of carbonyl (C=O) groups excluding carboxylic acids is 1. The van der Waals surface area contributed by atoms with Gasteiger partial charge in [-0.1, -0.05) is 34.8 Å². The molecule has 2 aromatic carbocycles. The van der Waals surface area contributed by atoms with Gasteiger partial charge in [0.1, 0.15) is 17.7 Å². The molecular formula is C17H16Cl3N3O3S. The van der Waals surface area contributed by atoms with Crippen LogP contribution < -0.4 is 20.7 Å². The van der Waals surface area contributed by atoms with Gasteiger partial charge in [0.25, 0.3) is 5.91 Å². The Morgan fingerprint density at radius 3 is 2.19 bits per heavy atom. The highest BCUT2D eigenvalue weighted by Crippen LogP contribution is 2.29. The second-order valence-corrected chi connectivity index (χ2v) is 8.10. The second-order valence-electron chi connectivity index (χ2n) is 5.32. The molecule has 0 saturated heterocycles. The number of phenolic OH excluding ortho intramolecular Hbond substituents is 1. The lowest BCUT2D eigenvalue weighted by Crippen LogP contribution is -2.56. The number of halogens is 3. The lowest BCUT2D eigenvalue weighted by atomic mass is 10.2. The van der Waals surface area contributed by atoms with Gasteiger partial charge in [-0.25, -0.2) is 0 Å². The molecule has 1 atom stereocenters. The number of rotatable bonds is 5. The van der Waals surface area contributed by atoms with Crippen LogP contribution in [0.25, 0.3) is 0 Å². The van der Waals surface area contributed by atoms with Crippen molar-refractivity contribution in [1.82, 2.24) is 10.6 Å². The average molecular weight is 449 g/mol. The molecule has 1 amide bonds. The molecule has 0 aromatic heterocycles. The van der Waals surface area contributed by atoms with Gasteiger partial charge in [-0.15, -0.1) is 0 Å². The van der Waals surface area contributed by atoms with Gasteiger partial charge >= 0.3 is 0 Å². The Bertz CT molecular complexity index is 796. The first-order chi connectivity index (χ1) is 12.7. The zero-order valence-corrected chi connectivity index (χ0v) is 17.1. The quantitative estimate of drug-likeness (QED) is 0.241. The normalized spacial score (nSPS) is 12.0. The SMILES string of the molecule is COc1ccc(C(=O)N[C@@H](NC(=S)Nc2ccc(O)cc2)C(Cl)(Cl)Cl)cc1. The highest BCUT2D eigenvalue weighted by atomic mass is 35.6. The minimum Gasteiger partial charge on any atom is -0.508 e. The maximum Gasteiger partial charge on any atom is 0.252 e. The van der Waals surface area contributed by atoms with Gasteiger partial charge in [0, 0.05) is 11.3 Å². The summed E-state index contributed by atoms with van der Waals surface area (Å²) >= 11 is 23.1. The van der Waals surface area contributed by atoms with Crippen LogP contribution in [-0.2, 0) is 0 Å². The van der Waals surface area contributed by atoms with E-state index in [4.69, 9.17) is 51.8 Å². The van der Waals surface area contributed by atoms with E-state index in [1.54, 1.807) is 36.4 Å². The summed E-state index contributed by atoms with van der Waals surface area (Å²) in [6.45, 7) is 0. The number of hydrogen-bond acceptors (Lipinski definition) is 4. The van der Waals surface area contributed by atoms with Crippen LogP contribution in [0, 0.1) is 0 Å². The number of phenols is 1. The number of methoxy groups -OCH3 is 1. The Hall–Kier alpha value is -1.93. The summed E-state index contributed by atoms with van der Waals surface area (Å²) in [6, 6.07) is 12.7. The Labute approximate surface area is 176 Å². The van der Waals surface area contributed by atoms with Crippen LogP contribution in [0.3, 0.4) is 0 Å². The van der Waals surface area contributed by atoms with Crippen LogP contribution in [0.1, 0.15) is 10.4 Å². The van der Waals surface area contributed by atoms with Crippen LogP contribution in [0.5, 0.6) is 11.5 Å². The molecule has 10 heteroatoms. The second kappa shape index (κ2) is 9.32. The largest absolute Gasteiger partial charge is 0.508 e. The van der Waals surface area contributed by atoms with E-state index in [-0.39, 0.29) is 10.9 Å². The Balaban J connectivity index is 2.04. The lowest BCUT2D eigenvalue weighted by Gasteiger charge is -2.27. The number of amides is 1. The first kappa shape index (κ1) is 21.4. The number of benzene rings is 2. The van der Waals surface area contributed by atoms with Crippen molar-refractivity contribution in [3.63, 3.8) is 0 Å². The van der Waals surface area contributed by atoms with Gasteiger partial charge in [-0.2, -0.15) is 0 Å². The van der Waals surface area contributed by atoms with Crippen LogP contribution >= 0.6 is 47.0 Å². The van der Waals surface area contributed by atoms with Crippen LogP contribution in [0.2, 0.25) is 0 Å². The summed E-state index contributed by atoms with van der Waals surface area (Å²) in [5.41, 5.74) is 0.962. The van der Waals surface area contributed by atoms with E-state index in [1.165, 1.54) is 19.2 Å². The van der Waals surface area contributed by atoms with E-state index in [0.717, 1.165) is 0 Å². The molecule has 0 aliphatic carbocycles. The molecule has 0 aliphatic heterocycles. The van der Waals surface area contributed by atoms with Crippen molar-refractivity contribution in [2.75, 3.05) is 12.4 Å². The molecule has 4 N–H and O–H groups in total. The molecule has 0 saturated carbocycles. The third-order valence-corrected chi connectivity index (χ3v) is 4.23. The Kier molecular flexibility index (Phi) is 7.38. The number of anilines is 1. The molecule has 6 nitrogen and oxygen atoms in total. The van der Waals surface area contributed by atoms with E-state index in [0.29, 0.717) is 17.0 Å². The van der Waals surface area contributed by atoms with Crippen molar-refractivity contribution in [1.29, 1.82) is 0 Å². The molecule has 144 valence electrons. The van der Waals surface area contributed by atoms with E-state index >= 15 is 0 Å². The van der Waals surface area contributed by atoms with Gasteiger partial charge in [-0.05, 0) is 60.7 Å². The molecule has 27 heavy (non-hydrogen) atoms. The summed E-state index contributed by atoms with van der Waals surface area (Å²) in [5.74, 6) is 0.265. The number of carbonyl (C=O) groups is 1. The van der Waals surface area contributed by atoms with Gasteiger partial charge in [0.05, 0.1) is 7.11 Å². The topological polar surface area (TPSA) is 82.6 Å². The fraction of sp³-hybridized carbons (Fsp3) is 0.176. The number of hydrogen-bond donors (Lipinski definition) is 4. The number of thiocarbonyl (C=S) groups is 1. The Morgan fingerprint density at radius 1 is 1.07 bits per heavy atom. The minimum absolute atomic E-state index is 0.116. The van der Waals surface area contributed by atoms with Crippen molar-refractivity contribution in [2.45, 2.75) is 9.96 Å². The van der Waals surface area contributed by atoms with Crippen molar-refractivity contribution >= 4 is 63.7 Å². The number of aromatic hydroxyl groups is 1. The molecule has 0 aliphatic rings. The average Bonchev–Trinajstić information content (AvgIpc) is 2.62. The first-order valence-corrected chi connectivity index (χ1v) is 9.11. The monoisotopic (exact) mass is 447 g/mol. The van der Waals surface area contributed by atoms with Crippen molar-refractivity contribution < 1.29 is 14.6 Å². The molecule has 2 aromatic rings. The fourth-order valence-electron chi connectivity index (χ4n) is 2.00. The smallest absolute Gasteiger partial charge is 0.252 e. The summed E-state index contributed by atoms with van der Waals surface area (Å²) in [7, 11) is 1.53. The van der Waals surface area contributed by atoms with Crippen LogP contribution in [-0.4, -0.2) is 33.2 Å². The number of ether oxygens (including phenoxy) is 1. The highest BCUT2D eigenvalue weighted by molar-refractivity contribution is 7.80. The lowest BCUT2D eigenvalue weighted by molar-refractivity contribution is 0.0934. The summed E-state index contributed by atoms with van der Waals surface area (Å²) in [6.07, 6.45) is -1.10. The molecule has 0 unspecified atom stereocenters. The van der Waals surface area contributed by atoms with Crippen molar-refractivity contribution in [3.05, 3.63) is 54.1 Å². The summed E-state index contributed by atoms with van der Waals surface area (Å²) < 4.78 is 3.18.